The molecule has 0 unspecified atom stereocenters. The lowest BCUT2D eigenvalue weighted by molar-refractivity contribution is -0.191. The smallest absolute Gasteiger partial charge is 0.373 e. The summed E-state index contributed by atoms with van der Waals surface area (Å²) in [5.41, 5.74) is 2.47. The van der Waals surface area contributed by atoms with Crippen LogP contribution in [0.4, 0.5) is 0 Å². The maximum Gasteiger partial charge on any atom is 0.373 e. The van der Waals surface area contributed by atoms with Crippen molar-refractivity contribution in [2.24, 2.45) is 0 Å². The van der Waals surface area contributed by atoms with E-state index in [1.165, 1.54) is 6.07 Å². The molecule has 0 bridgehead atoms. The highest BCUT2D eigenvalue weighted by molar-refractivity contribution is 6.31. The van der Waals surface area contributed by atoms with Crippen LogP contribution in [0.1, 0.15) is 81.9 Å². The van der Waals surface area contributed by atoms with Gasteiger partial charge in [0.15, 0.2) is 0 Å². The second-order valence-corrected chi connectivity index (χ2v) is 10.8. The van der Waals surface area contributed by atoms with Crippen LogP contribution < -0.4 is 0 Å². The molecule has 2 rings (SSSR count). The van der Waals surface area contributed by atoms with Crippen molar-refractivity contribution in [1.82, 2.24) is 4.90 Å². The summed E-state index contributed by atoms with van der Waals surface area (Å²) in [5, 5.41) is 9.97. The van der Waals surface area contributed by atoms with Crippen molar-refractivity contribution in [1.29, 1.82) is 0 Å². The molecule has 0 radical (unpaired) electrons. The number of phenols is 1. The molecule has 0 fully saturated rings. The van der Waals surface area contributed by atoms with Crippen LogP contribution >= 0.6 is 11.6 Å². The number of esters is 1. The molecule has 7 nitrogen and oxygen atoms in total. The van der Waals surface area contributed by atoms with Crippen LogP contribution in [-0.4, -0.2) is 40.2 Å². The molecule has 8 heteroatoms. The molecule has 0 spiro atoms. The summed E-state index contributed by atoms with van der Waals surface area (Å²) < 4.78 is 5.58. The average molecular weight is 518 g/mol. The lowest BCUT2D eigenvalue weighted by atomic mass is 9.85. The highest BCUT2D eigenvalue weighted by atomic mass is 35.5. The molecule has 0 saturated heterocycles. The molecule has 1 amide bonds. The highest BCUT2D eigenvalue weighted by Crippen LogP contribution is 2.27. The molecule has 0 heterocycles. The molecule has 0 aromatic heterocycles. The fraction of sp³-hybridized carbons (Fsp3) is 0.464. The van der Waals surface area contributed by atoms with Crippen LogP contribution in [0.5, 0.6) is 5.75 Å². The molecule has 0 aliphatic rings. The molecule has 36 heavy (non-hydrogen) atoms. The molecule has 1 N–H and O–H groups in total. The third kappa shape index (κ3) is 10.2. The molecule has 0 saturated carbocycles. The van der Waals surface area contributed by atoms with E-state index in [0.717, 1.165) is 16.7 Å². The topological polar surface area (TPSA) is 101 Å². The summed E-state index contributed by atoms with van der Waals surface area (Å²) in [6, 6.07) is 10.5. The first-order chi connectivity index (χ1) is 16.6. The zero-order valence-corrected chi connectivity index (χ0v) is 22.9. The number of aryl methyl sites for hydroxylation is 1. The first-order valence-electron chi connectivity index (χ1n) is 11.7. The van der Waals surface area contributed by atoms with E-state index >= 15 is 0 Å². The minimum atomic E-state index is -0.587. The molecule has 2 aromatic rings. The SMILES string of the molecule is CCN(Cc1cc(C(=O)OC(C)(C)C)cc(C(C)(C)C)c1)C(=O)CCc1ccc(O)cc1Cl.O=C=O. The number of carbonyl (C=O) groups is 2. The minimum absolute atomic E-state index is 0.00150. The summed E-state index contributed by atoms with van der Waals surface area (Å²) in [6.07, 6.45) is 1.04. The van der Waals surface area contributed by atoms with Gasteiger partial charge in [-0.3, -0.25) is 4.79 Å². The van der Waals surface area contributed by atoms with Crippen molar-refractivity contribution in [3.05, 3.63) is 63.7 Å². The third-order valence-electron chi connectivity index (χ3n) is 5.25. The van der Waals surface area contributed by atoms with Gasteiger partial charge in [-0.2, -0.15) is 9.59 Å². The van der Waals surface area contributed by atoms with Gasteiger partial charge in [-0.1, -0.05) is 44.5 Å². The van der Waals surface area contributed by atoms with Crippen molar-refractivity contribution in [2.75, 3.05) is 6.54 Å². The number of phenolic OH excluding ortho intramolecular Hbond substituents is 1. The first-order valence-corrected chi connectivity index (χ1v) is 12.1. The maximum atomic E-state index is 13.0. The highest BCUT2D eigenvalue weighted by Gasteiger charge is 2.23. The van der Waals surface area contributed by atoms with Crippen LogP contribution in [0.15, 0.2) is 36.4 Å². The Morgan fingerprint density at radius 1 is 1.03 bits per heavy atom. The maximum absolute atomic E-state index is 13.0. The lowest BCUT2D eigenvalue weighted by Crippen LogP contribution is -2.31. The van der Waals surface area contributed by atoms with Crippen LogP contribution in [0.3, 0.4) is 0 Å². The van der Waals surface area contributed by atoms with Gasteiger partial charge < -0.3 is 14.7 Å². The Labute approximate surface area is 218 Å². The van der Waals surface area contributed by atoms with Crippen molar-refractivity contribution in [2.45, 2.75) is 78.9 Å². The Balaban J connectivity index is 0.00000205. The van der Waals surface area contributed by atoms with E-state index in [-0.39, 0.29) is 29.2 Å². The Hall–Kier alpha value is -3.15. The summed E-state index contributed by atoms with van der Waals surface area (Å²) >= 11 is 6.18. The van der Waals surface area contributed by atoms with Crippen molar-refractivity contribution >= 4 is 29.6 Å². The third-order valence-corrected chi connectivity index (χ3v) is 5.60. The largest absolute Gasteiger partial charge is 0.508 e. The number of hydrogen-bond donors (Lipinski definition) is 1. The Bertz CT molecular complexity index is 1090. The molecule has 2 aromatic carbocycles. The molecule has 0 aliphatic carbocycles. The van der Waals surface area contributed by atoms with Gasteiger partial charge in [0.25, 0.3) is 0 Å². The van der Waals surface area contributed by atoms with Crippen LogP contribution in [0.25, 0.3) is 0 Å². The Morgan fingerprint density at radius 3 is 2.14 bits per heavy atom. The van der Waals surface area contributed by atoms with E-state index in [1.54, 1.807) is 17.0 Å². The van der Waals surface area contributed by atoms with E-state index in [1.807, 2.05) is 39.8 Å². The number of benzene rings is 2. The van der Waals surface area contributed by atoms with Gasteiger partial charge in [-0.25, -0.2) is 4.79 Å². The average Bonchev–Trinajstić information content (AvgIpc) is 2.75. The van der Waals surface area contributed by atoms with Gasteiger partial charge in [-0.15, -0.1) is 0 Å². The zero-order chi connectivity index (χ0) is 27.7. The minimum Gasteiger partial charge on any atom is -0.508 e. The Kier molecular flexibility index (Phi) is 11.4. The predicted molar refractivity (Wildman–Crippen MR) is 138 cm³/mol. The fourth-order valence-corrected chi connectivity index (χ4v) is 3.68. The number of amides is 1. The molecular weight excluding hydrogens is 482 g/mol. The Morgan fingerprint density at radius 2 is 1.64 bits per heavy atom. The standard InChI is InChI=1S/C27H36ClNO4.CO2/c1-8-29(24(31)12-10-19-9-11-22(30)16-23(19)28)17-18-13-20(25(32)33-27(5,6)7)15-21(14-18)26(2,3)4;2-1-3/h9,11,13-16,30H,8,10,12,17H2,1-7H3;. The van der Waals surface area contributed by atoms with E-state index in [9.17, 15) is 14.7 Å². The molecule has 196 valence electrons. The predicted octanol–water partition coefficient (Wildman–Crippen LogP) is 5.70. The summed E-state index contributed by atoms with van der Waals surface area (Å²) in [6.45, 7) is 14.7. The van der Waals surface area contributed by atoms with Gasteiger partial charge >= 0.3 is 12.1 Å². The number of hydrogen-bond acceptors (Lipinski definition) is 6. The van der Waals surface area contributed by atoms with Crippen LogP contribution in [0.2, 0.25) is 5.02 Å². The summed E-state index contributed by atoms with van der Waals surface area (Å²) in [4.78, 5) is 43.7. The summed E-state index contributed by atoms with van der Waals surface area (Å²) in [7, 11) is 0. The van der Waals surface area contributed by atoms with Crippen LogP contribution in [-0.2, 0) is 37.5 Å². The normalized spacial score (nSPS) is 11.1. The van der Waals surface area contributed by atoms with E-state index in [4.69, 9.17) is 25.9 Å². The van der Waals surface area contributed by atoms with E-state index < -0.39 is 5.60 Å². The fourth-order valence-electron chi connectivity index (χ4n) is 3.41. The van der Waals surface area contributed by atoms with Gasteiger partial charge in [0, 0.05) is 24.5 Å². The van der Waals surface area contributed by atoms with Gasteiger partial charge in [-0.05, 0) is 80.5 Å². The second-order valence-electron chi connectivity index (χ2n) is 10.4. The van der Waals surface area contributed by atoms with Crippen molar-refractivity contribution < 1.29 is 29.0 Å². The quantitative estimate of drug-likeness (QED) is 0.473. The molecular formula is C28H36ClNO6. The van der Waals surface area contributed by atoms with Crippen molar-refractivity contribution in [3.8, 4) is 5.75 Å². The lowest BCUT2D eigenvalue weighted by Gasteiger charge is -2.25. The van der Waals surface area contributed by atoms with Crippen molar-refractivity contribution in [3.63, 3.8) is 0 Å². The molecule has 0 atom stereocenters. The monoisotopic (exact) mass is 517 g/mol. The first kappa shape index (κ1) is 30.9. The number of carbonyl (C=O) groups excluding carboxylic acids is 4. The number of ether oxygens (including phenoxy) is 1. The summed E-state index contributed by atoms with van der Waals surface area (Å²) in [5.74, 6) is -0.266. The van der Waals surface area contributed by atoms with Gasteiger partial charge in [0.2, 0.25) is 5.91 Å². The molecule has 0 aliphatic heterocycles. The van der Waals surface area contributed by atoms with Gasteiger partial charge in [0.1, 0.15) is 11.4 Å². The van der Waals surface area contributed by atoms with Gasteiger partial charge in [0.05, 0.1) is 5.56 Å². The van der Waals surface area contributed by atoms with E-state index in [2.05, 4.69) is 26.8 Å². The number of nitrogens with zero attached hydrogens (tertiary/aromatic N) is 1. The second kappa shape index (κ2) is 13.2. The number of rotatable bonds is 7. The number of aromatic hydroxyl groups is 1. The van der Waals surface area contributed by atoms with Crippen LogP contribution in [0, 0.1) is 0 Å². The van der Waals surface area contributed by atoms with E-state index in [0.29, 0.717) is 36.5 Å². The number of halogens is 1. The zero-order valence-electron chi connectivity index (χ0n) is 22.1.